The molecule has 1 aliphatic rings. The smallest absolute Gasteiger partial charge is 0.254 e. The number of hydrogen-bond donors (Lipinski definition) is 2. The first kappa shape index (κ1) is 19.0. The number of carbonyl (C=O) groups excluding carboxylic acids is 2. The summed E-state index contributed by atoms with van der Waals surface area (Å²) in [6.45, 7) is 2.34. The van der Waals surface area contributed by atoms with Gasteiger partial charge in [-0.1, -0.05) is 18.2 Å². The lowest BCUT2D eigenvalue weighted by atomic mass is 10.00. The second-order valence-electron chi connectivity index (χ2n) is 7.11. The topological polar surface area (TPSA) is 82.5 Å². The number of halogens is 1. The maximum absolute atomic E-state index is 14.4. The third-order valence-corrected chi connectivity index (χ3v) is 5.04. The second kappa shape index (κ2) is 7.60. The summed E-state index contributed by atoms with van der Waals surface area (Å²) >= 11 is 0. The predicted molar refractivity (Wildman–Crippen MR) is 107 cm³/mol. The summed E-state index contributed by atoms with van der Waals surface area (Å²) in [6, 6.07) is 11.6. The van der Waals surface area contributed by atoms with Crippen LogP contribution in [0.15, 0.2) is 42.5 Å². The van der Waals surface area contributed by atoms with E-state index in [0.29, 0.717) is 29.9 Å². The summed E-state index contributed by atoms with van der Waals surface area (Å²) < 4.78 is 14.4. The SMILES string of the molecule is Cc1cccc2cc(CO)c(-c3cc(F)cc(C(=O)N4CCNC(=O)C4)c3)nc12. The minimum atomic E-state index is -0.581. The summed E-state index contributed by atoms with van der Waals surface area (Å²) in [4.78, 5) is 30.5. The van der Waals surface area contributed by atoms with Gasteiger partial charge in [0.25, 0.3) is 5.91 Å². The number of aryl methyl sites for hydroxylation is 1. The lowest BCUT2D eigenvalue weighted by molar-refractivity contribution is -0.123. The third kappa shape index (κ3) is 3.69. The molecule has 4 rings (SSSR count). The van der Waals surface area contributed by atoms with E-state index in [1.54, 1.807) is 6.07 Å². The van der Waals surface area contributed by atoms with E-state index in [-0.39, 0.29) is 24.6 Å². The van der Waals surface area contributed by atoms with Crippen molar-refractivity contribution >= 4 is 22.7 Å². The molecule has 1 saturated heterocycles. The van der Waals surface area contributed by atoms with Gasteiger partial charge in [0.15, 0.2) is 0 Å². The van der Waals surface area contributed by atoms with Gasteiger partial charge in [0, 0.05) is 35.2 Å². The number of hydrogen-bond acceptors (Lipinski definition) is 4. The van der Waals surface area contributed by atoms with Gasteiger partial charge in [-0.3, -0.25) is 9.59 Å². The summed E-state index contributed by atoms with van der Waals surface area (Å²) in [5.74, 6) is -1.23. The molecule has 0 radical (unpaired) electrons. The number of carbonyl (C=O) groups is 2. The van der Waals surface area contributed by atoms with Crippen LogP contribution in [0.1, 0.15) is 21.5 Å². The van der Waals surface area contributed by atoms with Crippen molar-refractivity contribution in [2.75, 3.05) is 19.6 Å². The average molecular weight is 393 g/mol. The molecule has 2 heterocycles. The van der Waals surface area contributed by atoms with Crippen molar-refractivity contribution in [2.45, 2.75) is 13.5 Å². The van der Waals surface area contributed by atoms with Crippen molar-refractivity contribution in [3.05, 3.63) is 65.0 Å². The Morgan fingerprint density at radius 2 is 2.10 bits per heavy atom. The molecule has 0 bridgehead atoms. The third-order valence-electron chi connectivity index (χ3n) is 5.04. The molecule has 0 aliphatic carbocycles. The fourth-order valence-corrected chi connectivity index (χ4v) is 3.61. The van der Waals surface area contributed by atoms with Crippen LogP contribution in [-0.4, -0.2) is 46.4 Å². The summed E-state index contributed by atoms with van der Waals surface area (Å²) in [7, 11) is 0. The van der Waals surface area contributed by atoms with E-state index >= 15 is 0 Å². The molecule has 0 saturated carbocycles. The number of nitrogens with zero attached hydrogens (tertiary/aromatic N) is 2. The Hall–Kier alpha value is -3.32. The van der Waals surface area contributed by atoms with Gasteiger partial charge in [-0.15, -0.1) is 0 Å². The van der Waals surface area contributed by atoms with Crippen molar-refractivity contribution < 1.29 is 19.1 Å². The monoisotopic (exact) mass is 393 g/mol. The quantitative estimate of drug-likeness (QED) is 0.716. The van der Waals surface area contributed by atoms with Gasteiger partial charge in [-0.25, -0.2) is 9.37 Å². The van der Waals surface area contributed by atoms with Crippen LogP contribution in [0, 0.1) is 12.7 Å². The Kier molecular flexibility index (Phi) is 4.98. The molecule has 1 aliphatic heterocycles. The van der Waals surface area contributed by atoms with Crippen molar-refractivity contribution in [1.82, 2.24) is 15.2 Å². The summed E-state index contributed by atoms with van der Waals surface area (Å²) in [6.07, 6.45) is 0. The zero-order valence-electron chi connectivity index (χ0n) is 15.9. The minimum Gasteiger partial charge on any atom is -0.392 e. The van der Waals surface area contributed by atoms with Crippen LogP contribution in [0.4, 0.5) is 4.39 Å². The number of aromatic nitrogens is 1. The van der Waals surface area contributed by atoms with E-state index in [1.807, 2.05) is 31.2 Å². The zero-order chi connectivity index (χ0) is 20.5. The van der Waals surface area contributed by atoms with Crippen molar-refractivity contribution in [3.63, 3.8) is 0 Å². The largest absolute Gasteiger partial charge is 0.392 e. The first-order valence-electron chi connectivity index (χ1n) is 9.33. The van der Waals surface area contributed by atoms with Gasteiger partial charge >= 0.3 is 0 Å². The molecule has 29 heavy (non-hydrogen) atoms. The fraction of sp³-hybridized carbons (Fsp3) is 0.227. The molecule has 148 valence electrons. The highest BCUT2D eigenvalue weighted by Gasteiger charge is 2.23. The Morgan fingerprint density at radius 3 is 2.86 bits per heavy atom. The molecule has 1 aromatic heterocycles. The van der Waals surface area contributed by atoms with Crippen LogP contribution in [0.5, 0.6) is 0 Å². The van der Waals surface area contributed by atoms with Crippen LogP contribution in [-0.2, 0) is 11.4 Å². The number of piperazine rings is 1. The number of fused-ring (bicyclic) bond motifs is 1. The Balaban J connectivity index is 1.80. The average Bonchev–Trinajstić information content (AvgIpc) is 2.72. The van der Waals surface area contributed by atoms with E-state index in [0.717, 1.165) is 22.5 Å². The van der Waals surface area contributed by atoms with Crippen LogP contribution in [0.25, 0.3) is 22.2 Å². The van der Waals surface area contributed by atoms with E-state index in [2.05, 4.69) is 10.3 Å². The second-order valence-corrected chi connectivity index (χ2v) is 7.11. The highest BCUT2D eigenvalue weighted by Crippen LogP contribution is 2.29. The molecule has 2 amide bonds. The van der Waals surface area contributed by atoms with E-state index in [4.69, 9.17) is 0 Å². The van der Waals surface area contributed by atoms with Crippen molar-refractivity contribution in [3.8, 4) is 11.3 Å². The van der Waals surface area contributed by atoms with Crippen LogP contribution < -0.4 is 5.32 Å². The van der Waals surface area contributed by atoms with Crippen LogP contribution in [0.3, 0.4) is 0 Å². The van der Waals surface area contributed by atoms with Gasteiger partial charge in [0.2, 0.25) is 5.91 Å². The first-order chi connectivity index (χ1) is 14.0. The highest BCUT2D eigenvalue weighted by atomic mass is 19.1. The van der Waals surface area contributed by atoms with Crippen LogP contribution in [0.2, 0.25) is 0 Å². The molecular weight excluding hydrogens is 373 g/mol. The lowest BCUT2D eigenvalue weighted by Gasteiger charge is -2.26. The van der Waals surface area contributed by atoms with E-state index in [9.17, 15) is 19.1 Å². The van der Waals surface area contributed by atoms with Crippen molar-refractivity contribution in [2.24, 2.45) is 0 Å². The highest BCUT2D eigenvalue weighted by molar-refractivity contribution is 5.98. The number of nitrogens with one attached hydrogen (secondary N) is 1. The number of aliphatic hydroxyl groups excluding tert-OH is 1. The van der Waals surface area contributed by atoms with Gasteiger partial charge < -0.3 is 15.3 Å². The van der Waals surface area contributed by atoms with Gasteiger partial charge in [-0.2, -0.15) is 0 Å². The molecule has 7 heteroatoms. The Bertz CT molecular complexity index is 1130. The van der Waals surface area contributed by atoms with Crippen molar-refractivity contribution in [1.29, 1.82) is 0 Å². The number of pyridine rings is 1. The normalized spacial score (nSPS) is 14.2. The van der Waals surface area contributed by atoms with E-state index in [1.165, 1.54) is 11.0 Å². The van der Waals surface area contributed by atoms with Gasteiger partial charge in [0.1, 0.15) is 5.82 Å². The standard InChI is InChI=1S/C22H20FN3O3/c1-13-3-2-4-14-7-17(12-27)21(25-20(13)14)15-8-16(10-18(23)9-15)22(29)26-6-5-24-19(28)11-26/h2-4,7-10,27H,5-6,11-12H2,1H3,(H,24,28). The summed E-state index contributed by atoms with van der Waals surface area (Å²) in [5.41, 5.74) is 3.24. The molecular formula is C22H20FN3O3. The molecule has 0 spiro atoms. The maximum atomic E-state index is 14.4. The molecule has 0 unspecified atom stereocenters. The van der Waals surface area contributed by atoms with Crippen LogP contribution >= 0.6 is 0 Å². The molecule has 0 atom stereocenters. The zero-order valence-corrected chi connectivity index (χ0v) is 15.9. The van der Waals surface area contributed by atoms with Gasteiger partial charge in [-0.05, 0) is 36.8 Å². The Morgan fingerprint density at radius 1 is 1.28 bits per heavy atom. The molecule has 6 nitrogen and oxygen atoms in total. The molecule has 1 fully saturated rings. The number of para-hydroxylation sites is 1. The number of rotatable bonds is 3. The predicted octanol–water partition coefficient (Wildman–Crippen LogP) is 2.41. The number of aliphatic hydroxyl groups is 1. The Labute approximate surface area is 167 Å². The van der Waals surface area contributed by atoms with E-state index < -0.39 is 11.7 Å². The maximum Gasteiger partial charge on any atom is 0.254 e. The molecule has 3 aromatic rings. The lowest BCUT2D eigenvalue weighted by Crippen LogP contribution is -2.50. The van der Waals surface area contributed by atoms with Gasteiger partial charge in [0.05, 0.1) is 24.4 Å². The minimum absolute atomic E-state index is 0.0556. The summed E-state index contributed by atoms with van der Waals surface area (Å²) in [5, 5.41) is 13.4. The fourth-order valence-electron chi connectivity index (χ4n) is 3.61. The molecule has 2 N–H and O–H groups in total. The molecule has 2 aromatic carbocycles. The number of benzene rings is 2. The number of amides is 2. The first-order valence-corrected chi connectivity index (χ1v) is 9.33.